The van der Waals surface area contributed by atoms with E-state index in [0.29, 0.717) is 0 Å². The van der Waals surface area contributed by atoms with Crippen molar-refractivity contribution >= 4 is 29.1 Å². The first-order chi connectivity index (χ1) is 8.31. The molecule has 0 N–H and O–H groups in total. The molecule has 0 bridgehead atoms. The van der Waals surface area contributed by atoms with E-state index in [0.717, 1.165) is 33.5 Å². The average Bonchev–Trinajstić information content (AvgIpc) is 2.38. The van der Waals surface area contributed by atoms with Crippen LogP contribution in [0.4, 0.5) is 0 Å². The fourth-order valence-electron chi connectivity index (χ4n) is 2.21. The van der Waals surface area contributed by atoms with Crippen LogP contribution in [0.25, 0.3) is 21.5 Å². The molecule has 3 aromatic rings. The second-order valence-corrected chi connectivity index (χ2v) is 5.16. The third-order valence-electron chi connectivity index (χ3n) is 3.04. The maximum absolute atomic E-state index is 12.2. The van der Waals surface area contributed by atoms with Crippen LogP contribution in [0.5, 0.6) is 0 Å². The van der Waals surface area contributed by atoms with E-state index in [9.17, 15) is 4.57 Å². The highest BCUT2D eigenvalue weighted by molar-refractivity contribution is 7.37. The Kier molecular flexibility index (Phi) is 2.45. The maximum atomic E-state index is 12.2. The molecule has 0 aliphatic heterocycles. The maximum Gasteiger partial charge on any atom is 0.598 e. The summed E-state index contributed by atoms with van der Waals surface area (Å²) in [6.07, 6.45) is 0.871. The molecule has 2 aromatic carbocycles. The summed E-state index contributed by atoms with van der Waals surface area (Å²) in [7, 11) is -1.77. The van der Waals surface area contributed by atoms with Gasteiger partial charge in [-0.05, 0) is 23.1 Å². The third-order valence-corrected chi connectivity index (χ3v) is 4.30. The van der Waals surface area contributed by atoms with Crippen LogP contribution in [0.3, 0.4) is 0 Å². The molecule has 0 saturated heterocycles. The van der Waals surface area contributed by atoms with Crippen LogP contribution in [0.15, 0.2) is 46.7 Å². The fourth-order valence-corrected chi connectivity index (χ4v) is 3.50. The van der Waals surface area contributed by atoms with Crippen LogP contribution in [-0.4, -0.2) is 0 Å². The monoisotopic (exact) mass is 243 g/mol. The molecule has 0 saturated carbocycles. The van der Waals surface area contributed by atoms with Crippen molar-refractivity contribution in [1.29, 1.82) is 0 Å². The predicted molar refractivity (Wildman–Crippen MR) is 70.7 cm³/mol. The van der Waals surface area contributed by atoms with Crippen molar-refractivity contribution < 1.29 is 8.76 Å². The molecule has 0 radical (unpaired) electrons. The zero-order valence-electron chi connectivity index (χ0n) is 9.51. The summed E-state index contributed by atoms with van der Waals surface area (Å²) < 4.78 is 17.7. The highest BCUT2D eigenvalue weighted by atomic mass is 31.1. The minimum atomic E-state index is -1.77. The Balaban J connectivity index is 2.63. The molecule has 0 aliphatic rings. The van der Waals surface area contributed by atoms with E-state index in [1.807, 2.05) is 42.5 Å². The van der Waals surface area contributed by atoms with E-state index < -0.39 is 7.65 Å². The Morgan fingerprint density at radius 1 is 1.06 bits per heavy atom. The lowest BCUT2D eigenvalue weighted by atomic mass is 10.1. The number of benzene rings is 2. The molecule has 1 aromatic heterocycles. The molecule has 0 fully saturated rings. The van der Waals surface area contributed by atoms with Gasteiger partial charge in [-0.25, -0.2) is 4.20 Å². The molecule has 1 atom stereocenters. The lowest BCUT2D eigenvalue weighted by Crippen LogP contribution is -1.82. The SMILES string of the molecule is CCc1cccc2c3ccccc3o[p+](=O)c12. The normalized spacial score (nSPS) is 12.2. The highest BCUT2D eigenvalue weighted by Crippen LogP contribution is 2.37. The number of para-hydroxylation sites is 1. The molecule has 3 heteroatoms. The molecule has 17 heavy (non-hydrogen) atoms. The third kappa shape index (κ3) is 1.57. The minimum absolute atomic E-state index is 0.717. The van der Waals surface area contributed by atoms with E-state index >= 15 is 0 Å². The first-order valence-electron chi connectivity index (χ1n) is 5.67. The number of hydrogen-bond donors (Lipinski definition) is 0. The summed E-state index contributed by atoms with van der Waals surface area (Å²) in [5, 5.41) is 2.95. The zero-order chi connectivity index (χ0) is 11.8. The first-order valence-corrected chi connectivity index (χ1v) is 6.85. The summed E-state index contributed by atoms with van der Waals surface area (Å²) in [6, 6.07) is 13.8. The van der Waals surface area contributed by atoms with Gasteiger partial charge < -0.3 is 0 Å². The number of fused-ring (bicyclic) bond motifs is 3. The lowest BCUT2D eigenvalue weighted by Gasteiger charge is -1.99. The van der Waals surface area contributed by atoms with Gasteiger partial charge in [0.05, 0.1) is 0 Å². The van der Waals surface area contributed by atoms with Gasteiger partial charge in [-0.2, -0.15) is 0 Å². The Morgan fingerprint density at radius 3 is 2.65 bits per heavy atom. The Hall–Kier alpha value is -1.66. The van der Waals surface area contributed by atoms with Crippen molar-refractivity contribution in [2.75, 3.05) is 0 Å². The van der Waals surface area contributed by atoms with Gasteiger partial charge in [-0.1, -0.05) is 37.3 Å². The smallest absolute Gasteiger partial charge is 0.250 e. The fraction of sp³-hybridized carbons (Fsp3) is 0.143. The van der Waals surface area contributed by atoms with Crippen LogP contribution in [0.1, 0.15) is 12.5 Å². The summed E-state index contributed by atoms with van der Waals surface area (Å²) in [5.74, 6) is 0. The molecule has 3 rings (SSSR count). The summed E-state index contributed by atoms with van der Waals surface area (Å²) in [5.41, 5.74) is 1.83. The van der Waals surface area contributed by atoms with Gasteiger partial charge in [0.15, 0.2) is 5.58 Å². The van der Waals surface area contributed by atoms with Crippen LogP contribution < -0.4 is 0 Å². The Morgan fingerprint density at radius 2 is 1.82 bits per heavy atom. The molecule has 0 amide bonds. The van der Waals surface area contributed by atoms with Crippen molar-refractivity contribution in [2.45, 2.75) is 13.3 Å². The van der Waals surface area contributed by atoms with Crippen LogP contribution in [0, 0.1) is 0 Å². The van der Waals surface area contributed by atoms with Gasteiger partial charge in [0.1, 0.15) is 0 Å². The van der Waals surface area contributed by atoms with Crippen molar-refractivity contribution in [1.82, 2.24) is 0 Å². The van der Waals surface area contributed by atoms with Crippen molar-refractivity contribution in [2.24, 2.45) is 0 Å². The number of rotatable bonds is 1. The molecule has 2 nitrogen and oxygen atoms in total. The number of hydrogen-bond acceptors (Lipinski definition) is 2. The Labute approximate surface area is 99.7 Å². The van der Waals surface area contributed by atoms with Gasteiger partial charge >= 0.3 is 7.65 Å². The molecule has 0 aliphatic carbocycles. The average molecular weight is 243 g/mol. The second kappa shape index (κ2) is 3.97. The zero-order valence-corrected chi connectivity index (χ0v) is 10.4. The molecular weight excluding hydrogens is 231 g/mol. The standard InChI is InChI=1S/C14H12O2P/c1-2-10-6-5-8-12-11-7-3-4-9-13(11)16-17(15)14(10)12/h3-9H,2H2,1H3/q+1. The van der Waals surface area contributed by atoms with E-state index in [1.165, 1.54) is 0 Å². The van der Waals surface area contributed by atoms with Gasteiger partial charge in [0.25, 0.3) is 0 Å². The molecule has 1 heterocycles. The van der Waals surface area contributed by atoms with E-state index in [-0.39, 0.29) is 0 Å². The van der Waals surface area contributed by atoms with Crippen LogP contribution in [-0.2, 0) is 11.0 Å². The summed E-state index contributed by atoms with van der Waals surface area (Å²) >= 11 is 0. The van der Waals surface area contributed by atoms with Gasteiger partial charge in [0, 0.05) is 16.3 Å². The van der Waals surface area contributed by atoms with Crippen molar-refractivity contribution in [3.05, 3.63) is 48.0 Å². The van der Waals surface area contributed by atoms with Gasteiger partial charge in [-0.3, -0.25) is 0 Å². The molecule has 0 spiro atoms. The second-order valence-electron chi connectivity index (χ2n) is 4.01. The summed E-state index contributed by atoms with van der Waals surface area (Å²) in [6.45, 7) is 2.07. The predicted octanol–water partition coefficient (Wildman–Crippen LogP) is 4.89. The van der Waals surface area contributed by atoms with Crippen LogP contribution in [0.2, 0.25) is 0 Å². The van der Waals surface area contributed by atoms with E-state index in [1.54, 1.807) is 0 Å². The van der Waals surface area contributed by atoms with Crippen molar-refractivity contribution in [3.63, 3.8) is 0 Å². The van der Waals surface area contributed by atoms with Crippen molar-refractivity contribution in [3.8, 4) is 0 Å². The van der Waals surface area contributed by atoms with E-state index in [2.05, 4.69) is 6.92 Å². The topological polar surface area (TPSA) is 30.2 Å². The molecular formula is C14H12O2P+. The number of aryl methyl sites for hydroxylation is 1. The Bertz CT molecular complexity index is 759. The minimum Gasteiger partial charge on any atom is -0.250 e. The first kappa shape index (κ1) is 10.5. The van der Waals surface area contributed by atoms with E-state index in [4.69, 9.17) is 4.20 Å². The van der Waals surface area contributed by atoms with Gasteiger partial charge in [-0.15, -0.1) is 0 Å². The van der Waals surface area contributed by atoms with Gasteiger partial charge in [0.2, 0.25) is 5.12 Å². The molecule has 1 unspecified atom stereocenters. The quantitative estimate of drug-likeness (QED) is 0.569. The largest absolute Gasteiger partial charge is 0.598 e. The lowest BCUT2D eigenvalue weighted by molar-refractivity contribution is 0.563. The van der Waals surface area contributed by atoms with Crippen LogP contribution >= 0.6 is 7.65 Å². The highest BCUT2D eigenvalue weighted by Gasteiger charge is 2.18. The molecule has 84 valence electrons. The summed E-state index contributed by atoms with van der Waals surface area (Å²) in [4.78, 5) is 0.